The number of aliphatic hydroxyl groups is 1. The van der Waals surface area contributed by atoms with Crippen molar-refractivity contribution in [3.05, 3.63) is 34.9 Å². The smallest absolute Gasteiger partial charge is 0.226 e. The first kappa shape index (κ1) is 19.9. The fraction of sp³-hybridized carbons (Fsp3) is 0.650. The maximum Gasteiger partial charge on any atom is 0.226 e. The summed E-state index contributed by atoms with van der Waals surface area (Å²) in [4.78, 5) is 13.3. The van der Waals surface area contributed by atoms with Crippen LogP contribution in [0.15, 0.2) is 24.3 Å². The van der Waals surface area contributed by atoms with Crippen LogP contribution in [0, 0.1) is 23.2 Å². The monoisotopic (exact) mass is 398 g/mol. The maximum absolute atomic E-state index is 13.3. The molecule has 4 nitrogen and oxygen atoms in total. The number of nitrogens with one attached hydrogen (secondary N) is 2. The van der Waals surface area contributed by atoms with Crippen molar-refractivity contribution in [3.8, 4) is 0 Å². The topological polar surface area (TPSA) is 61.4 Å². The minimum atomic E-state index is -0.354. The summed E-state index contributed by atoms with van der Waals surface area (Å²) in [5.41, 5.74) is 0.906. The number of aliphatic hydroxyl groups excluding tert-OH is 1. The summed E-state index contributed by atoms with van der Waals surface area (Å²) in [5, 5.41) is 17.1. The fourth-order valence-corrected chi connectivity index (χ4v) is 5.44. The van der Waals surface area contributed by atoms with Gasteiger partial charge in [0.1, 0.15) is 0 Å². The number of β-amino-alcohol motifs (C(OH)–C–C–N with tert-alkyl or cyclic N) is 1. The van der Waals surface area contributed by atoms with Gasteiger partial charge in [-0.05, 0) is 55.2 Å². The van der Waals surface area contributed by atoms with E-state index in [1.165, 1.54) is 24.8 Å². The lowest BCUT2D eigenvalue weighted by molar-refractivity contribution is -0.134. The van der Waals surface area contributed by atoms with Crippen LogP contribution >= 0.6 is 24.0 Å². The predicted octanol–water partition coefficient (Wildman–Crippen LogP) is 2.81. The highest BCUT2D eigenvalue weighted by Crippen LogP contribution is 2.57. The number of hydrogen-bond donors (Lipinski definition) is 3. The highest BCUT2D eigenvalue weighted by atomic mass is 35.5. The summed E-state index contributed by atoms with van der Waals surface area (Å²) in [7, 11) is 0. The number of halogens is 2. The Labute approximate surface area is 166 Å². The molecule has 0 radical (unpaired) electrons. The summed E-state index contributed by atoms with van der Waals surface area (Å²) in [5.74, 6) is 1.49. The van der Waals surface area contributed by atoms with Gasteiger partial charge in [0, 0.05) is 30.6 Å². The summed E-state index contributed by atoms with van der Waals surface area (Å²) >= 11 is 6.02. The van der Waals surface area contributed by atoms with Gasteiger partial charge in [0.25, 0.3) is 0 Å². The van der Waals surface area contributed by atoms with E-state index in [2.05, 4.69) is 10.6 Å². The van der Waals surface area contributed by atoms with Gasteiger partial charge in [0.05, 0.1) is 11.5 Å². The Morgan fingerprint density at radius 3 is 2.62 bits per heavy atom. The molecule has 144 valence electrons. The van der Waals surface area contributed by atoms with Gasteiger partial charge in [-0.15, -0.1) is 12.4 Å². The second-order valence-corrected chi connectivity index (χ2v) is 8.67. The van der Waals surface area contributed by atoms with E-state index in [0.717, 1.165) is 24.4 Å². The Hall–Kier alpha value is -0.810. The van der Waals surface area contributed by atoms with Crippen molar-refractivity contribution in [2.24, 2.45) is 23.2 Å². The van der Waals surface area contributed by atoms with Crippen molar-refractivity contribution < 1.29 is 9.90 Å². The van der Waals surface area contributed by atoms with E-state index in [1.807, 2.05) is 24.3 Å². The van der Waals surface area contributed by atoms with Gasteiger partial charge in [-0.25, -0.2) is 0 Å². The minimum absolute atomic E-state index is 0. The molecular formula is C20H28Cl2N2O2. The molecule has 3 aliphatic rings. The zero-order valence-corrected chi connectivity index (χ0v) is 16.5. The van der Waals surface area contributed by atoms with Crippen LogP contribution in [0.1, 0.15) is 31.2 Å². The normalized spacial score (nSPS) is 35.3. The molecule has 1 heterocycles. The highest BCUT2D eigenvalue weighted by Gasteiger charge is 2.55. The average molecular weight is 399 g/mol. The molecule has 1 aromatic carbocycles. The van der Waals surface area contributed by atoms with Gasteiger partial charge in [-0.1, -0.05) is 30.2 Å². The van der Waals surface area contributed by atoms with E-state index < -0.39 is 0 Å². The third-order valence-corrected chi connectivity index (χ3v) is 6.94. The Bertz CT molecular complexity index is 639. The Balaban J connectivity index is 0.00000196. The molecule has 5 unspecified atom stereocenters. The van der Waals surface area contributed by atoms with Crippen molar-refractivity contribution >= 4 is 29.9 Å². The van der Waals surface area contributed by atoms with Gasteiger partial charge >= 0.3 is 0 Å². The van der Waals surface area contributed by atoms with Crippen LogP contribution in [-0.2, 0) is 11.2 Å². The average Bonchev–Trinajstić information content (AvgIpc) is 3.31. The summed E-state index contributed by atoms with van der Waals surface area (Å²) in [6.07, 6.45) is 5.06. The van der Waals surface area contributed by atoms with Gasteiger partial charge in [0.15, 0.2) is 0 Å². The van der Waals surface area contributed by atoms with Crippen molar-refractivity contribution in [1.82, 2.24) is 10.6 Å². The lowest BCUT2D eigenvalue weighted by Gasteiger charge is -2.37. The summed E-state index contributed by atoms with van der Waals surface area (Å²) in [6.45, 7) is 1.96. The van der Waals surface area contributed by atoms with E-state index >= 15 is 0 Å². The molecule has 26 heavy (non-hydrogen) atoms. The minimum Gasteiger partial charge on any atom is -0.391 e. The van der Waals surface area contributed by atoms with E-state index in [9.17, 15) is 9.90 Å². The highest BCUT2D eigenvalue weighted by molar-refractivity contribution is 6.30. The lowest BCUT2D eigenvalue weighted by Crippen LogP contribution is -2.48. The van der Waals surface area contributed by atoms with Crippen LogP contribution in [0.2, 0.25) is 5.02 Å². The molecule has 0 aromatic heterocycles. The summed E-state index contributed by atoms with van der Waals surface area (Å²) < 4.78 is 0. The zero-order valence-electron chi connectivity index (χ0n) is 14.9. The third-order valence-electron chi connectivity index (χ3n) is 6.69. The Morgan fingerprint density at radius 2 is 2.04 bits per heavy atom. The van der Waals surface area contributed by atoms with Crippen LogP contribution in [-0.4, -0.2) is 36.8 Å². The summed E-state index contributed by atoms with van der Waals surface area (Å²) in [6, 6.07) is 7.93. The number of rotatable bonds is 5. The van der Waals surface area contributed by atoms with Crippen molar-refractivity contribution in [1.29, 1.82) is 0 Å². The fourth-order valence-electron chi connectivity index (χ4n) is 5.31. The van der Waals surface area contributed by atoms with Crippen molar-refractivity contribution in [2.45, 2.75) is 38.2 Å². The molecule has 1 aliphatic heterocycles. The molecule has 0 spiro atoms. The third kappa shape index (κ3) is 3.75. The first-order chi connectivity index (χ1) is 12.1. The zero-order chi connectivity index (χ0) is 17.4. The largest absolute Gasteiger partial charge is 0.391 e. The molecular weight excluding hydrogens is 371 g/mol. The Morgan fingerprint density at radius 1 is 1.27 bits per heavy atom. The van der Waals surface area contributed by atoms with Crippen LogP contribution in [0.4, 0.5) is 0 Å². The second-order valence-electron chi connectivity index (χ2n) is 8.24. The first-order valence-corrected chi connectivity index (χ1v) is 9.86. The molecule has 1 amide bonds. The van der Waals surface area contributed by atoms with Gasteiger partial charge in [-0.3, -0.25) is 4.79 Å². The SMILES string of the molecule is Cl.O=C(NCC1CNCC1O)C1(Cc2ccc(Cl)cc2)CC2CCC1C2. The number of hydrogen-bond acceptors (Lipinski definition) is 3. The van der Waals surface area contributed by atoms with Crippen LogP contribution in [0.5, 0.6) is 0 Å². The van der Waals surface area contributed by atoms with Gasteiger partial charge in [-0.2, -0.15) is 0 Å². The quantitative estimate of drug-likeness (QED) is 0.714. The number of fused-ring (bicyclic) bond motifs is 2. The molecule has 2 saturated carbocycles. The standard InChI is InChI=1S/C20H27ClN2O2.ClH/c21-17-5-2-13(3-6-17)8-20(9-14-1-4-16(20)7-14)19(25)23-11-15-10-22-12-18(15)24;/h2-3,5-6,14-16,18,22,24H,1,4,7-12H2,(H,23,25);1H. The van der Waals surface area contributed by atoms with Crippen LogP contribution < -0.4 is 10.6 Å². The van der Waals surface area contributed by atoms with E-state index in [1.54, 1.807) is 0 Å². The molecule has 2 aliphatic carbocycles. The first-order valence-electron chi connectivity index (χ1n) is 9.48. The molecule has 4 rings (SSSR count). The van der Waals surface area contributed by atoms with Crippen molar-refractivity contribution in [3.63, 3.8) is 0 Å². The van der Waals surface area contributed by atoms with E-state index in [0.29, 0.717) is 24.9 Å². The molecule has 2 bridgehead atoms. The number of benzene rings is 1. The maximum atomic E-state index is 13.3. The lowest BCUT2D eigenvalue weighted by atomic mass is 9.68. The molecule has 6 heteroatoms. The van der Waals surface area contributed by atoms with Crippen molar-refractivity contribution in [2.75, 3.05) is 19.6 Å². The second kappa shape index (κ2) is 8.05. The van der Waals surface area contributed by atoms with E-state index in [-0.39, 0.29) is 35.8 Å². The number of amides is 1. The van der Waals surface area contributed by atoms with Crippen LogP contribution in [0.25, 0.3) is 0 Å². The number of carbonyl (C=O) groups is 1. The Kier molecular flexibility index (Phi) is 6.18. The van der Waals surface area contributed by atoms with Crippen LogP contribution in [0.3, 0.4) is 0 Å². The van der Waals surface area contributed by atoms with Gasteiger partial charge < -0.3 is 15.7 Å². The molecule has 1 aromatic rings. The predicted molar refractivity (Wildman–Crippen MR) is 106 cm³/mol. The molecule has 1 saturated heterocycles. The van der Waals surface area contributed by atoms with Gasteiger partial charge in [0.2, 0.25) is 5.91 Å². The molecule has 3 N–H and O–H groups in total. The number of carbonyl (C=O) groups excluding carboxylic acids is 1. The molecule has 3 fully saturated rings. The van der Waals surface area contributed by atoms with E-state index in [4.69, 9.17) is 11.6 Å². The molecule has 5 atom stereocenters.